The van der Waals surface area contributed by atoms with E-state index in [0.717, 1.165) is 66.9 Å². The molecule has 1 saturated carbocycles. The molecule has 2 bridgehead atoms. The fourth-order valence-electron chi connectivity index (χ4n) is 7.58. The Labute approximate surface area is 250 Å². The number of hydrogen-bond donors (Lipinski definition) is 0. The number of benzene rings is 5. The number of pyridine rings is 1. The first-order chi connectivity index (χ1) is 21.1. The molecule has 0 amide bonds. The zero-order chi connectivity index (χ0) is 28.7. The van der Waals surface area contributed by atoms with Crippen LogP contribution >= 0.6 is 8.24 Å². The van der Waals surface area contributed by atoms with Crippen LogP contribution in [0.25, 0.3) is 54.7 Å². The van der Waals surface area contributed by atoms with Crippen LogP contribution in [0.1, 0.15) is 43.5 Å². The number of aromatic nitrogens is 1. The van der Waals surface area contributed by atoms with Crippen LogP contribution in [0.4, 0.5) is 0 Å². The Balaban J connectivity index is 1.28. The molecule has 0 N–H and O–H groups in total. The molecular formula is C38H30NO3P. The minimum absolute atomic E-state index is 0.108. The van der Waals surface area contributed by atoms with Gasteiger partial charge in [0.15, 0.2) is 0 Å². The van der Waals surface area contributed by atoms with E-state index in [9.17, 15) is 0 Å². The molecule has 3 aliphatic carbocycles. The normalized spacial score (nSPS) is 20.3. The van der Waals surface area contributed by atoms with Gasteiger partial charge in [-0.25, -0.2) is 4.98 Å². The van der Waals surface area contributed by atoms with Gasteiger partial charge in [0, 0.05) is 16.3 Å². The topological polar surface area (TPSA) is 48.4 Å². The average Bonchev–Trinajstić information content (AvgIpc) is 3.21. The maximum Gasteiger partial charge on any atom is 0.388 e. The third-order valence-corrected chi connectivity index (χ3v) is 11.0. The second-order valence-electron chi connectivity index (χ2n) is 12.5. The summed E-state index contributed by atoms with van der Waals surface area (Å²) in [6.45, 7) is 4.72. The van der Waals surface area contributed by atoms with Gasteiger partial charge in [0.25, 0.3) is 0 Å². The lowest BCUT2D eigenvalue weighted by Crippen LogP contribution is -2.51. The molecule has 7 aromatic rings. The van der Waals surface area contributed by atoms with Gasteiger partial charge in [-0.3, -0.25) is 4.52 Å². The minimum atomic E-state index is -1.78. The summed E-state index contributed by atoms with van der Waals surface area (Å²) in [5.74, 6) is 0.807. The Morgan fingerprint density at radius 2 is 1.30 bits per heavy atom. The minimum Gasteiger partial charge on any atom is -0.399 e. The molecule has 43 heavy (non-hydrogen) atoms. The van der Waals surface area contributed by atoms with Crippen molar-refractivity contribution in [2.45, 2.75) is 32.3 Å². The third kappa shape index (κ3) is 3.77. The van der Waals surface area contributed by atoms with E-state index in [4.69, 9.17) is 17.9 Å². The zero-order valence-corrected chi connectivity index (χ0v) is 24.9. The van der Waals surface area contributed by atoms with Crippen LogP contribution in [0.3, 0.4) is 0 Å². The molecule has 210 valence electrons. The molecule has 0 unspecified atom stereocenters. The van der Waals surface area contributed by atoms with E-state index in [1.54, 1.807) is 0 Å². The Kier molecular flexibility index (Phi) is 5.45. The molecule has 1 fully saturated rings. The number of rotatable bonds is 3. The molecule has 0 radical (unpaired) electrons. The molecule has 5 heteroatoms. The van der Waals surface area contributed by atoms with Gasteiger partial charge in [0.2, 0.25) is 0 Å². The maximum absolute atomic E-state index is 7.01. The largest absolute Gasteiger partial charge is 0.399 e. The van der Waals surface area contributed by atoms with Crippen molar-refractivity contribution in [1.82, 2.24) is 4.98 Å². The van der Waals surface area contributed by atoms with Crippen LogP contribution in [0.5, 0.6) is 0 Å². The molecule has 4 nitrogen and oxygen atoms in total. The highest BCUT2D eigenvalue weighted by Crippen LogP contribution is 2.66. The Morgan fingerprint density at radius 3 is 1.93 bits per heavy atom. The number of fused-ring (bicyclic) bond motifs is 7. The summed E-state index contributed by atoms with van der Waals surface area (Å²) >= 11 is 0. The predicted octanol–water partition coefficient (Wildman–Crippen LogP) is 11.0. The third-order valence-electron chi connectivity index (χ3n) is 9.96. The molecule has 0 saturated heterocycles. The number of nitrogens with zero attached hydrogens (tertiary/aromatic N) is 1. The highest BCUT2D eigenvalue weighted by molar-refractivity contribution is 7.31. The van der Waals surface area contributed by atoms with Gasteiger partial charge in [-0.2, -0.15) is 0 Å². The summed E-state index contributed by atoms with van der Waals surface area (Å²) in [6.07, 6.45) is 0.860. The highest BCUT2D eigenvalue weighted by Gasteiger charge is 2.58. The molecule has 5 aromatic carbocycles. The van der Waals surface area contributed by atoms with Crippen LogP contribution in [-0.4, -0.2) is 4.98 Å². The SMILES string of the molecule is CC1(C)[C@@H]2C[C@H]1c1ccc(-c3ccccc3)nc1[C@H]2Op1oc2ccc3ccccc3c2c2c(ccc3ccccc32)o1. The quantitative estimate of drug-likeness (QED) is 0.209. The molecule has 3 atom stereocenters. The summed E-state index contributed by atoms with van der Waals surface area (Å²) in [5, 5.41) is 6.71. The van der Waals surface area contributed by atoms with E-state index in [0.29, 0.717) is 11.8 Å². The highest BCUT2D eigenvalue weighted by atomic mass is 31.1. The van der Waals surface area contributed by atoms with Crippen molar-refractivity contribution in [3.05, 3.63) is 127 Å². The fraction of sp³-hybridized carbons (Fsp3) is 0.184. The van der Waals surface area contributed by atoms with E-state index in [2.05, 4.69) is 123 Å². The van der Waals surface area contributed by atoms with Crippen LogP contribution in [-0.2, 0) is 0 Å². The summed E-state index contributed by atoms with van der Waals surface area (Å²) in [6, 6.07) is 40.2. The Bertz CT molecular complexity index is 2160. The molecule has 0 spiro atoms. The van der Waals surface area contributed by atoms with Crippen LogP contribution in [0.15, 0.2) is 124 Å². The molecule has 2 aromatic heterocycles. The molecule has 10 rings (SSSR count). The molecule has 0 aliphatic heterocycles. The van der Waals surface area contributed by atoms with Gasteiger partial charge in [0.05, 0.1) is 11.4 Å². The van der Waals surface area contributed by atoms with Crippen molar-refractivity contribution < 1.29 is 12.9 Å². The van der Waals surface area contributed by atoms with E-state index in [-0.39, 0.29) is 11.5 Å². The van der Waals surface area contributed by atoms with Crippen LogP contribution in [0, 0.1) is 11.3 Å². The lowest BCUT2D eigenvalue weighted by molar-refractivity contribution is -0.0586. The van der Waals surface area contributed by atoms with Crippen LogP contribution < -0.4 is 4.52 Å². The van der Waals surface area contributed by atoms with E-state index in [1.165, 1.54) is 5.56 Å². The van der Waals surface area contributed by atoms with Gasteiger partial charge in [-0.1, -0.05) is 111 Å². The first kappa shape index (κ1) is 25.2. The Morgan fingerprint density at radius 1 is 0.698 bits per heavy atom. The van der Waals surface area contributed by atoms with Crippen molar-refractivity contribution in [2.24, 2.45) is 11.3 Å². The lowest BCUT2D eigenvalue weighted by atomic mass is 9.47. The van der Waals surface area contributed by atoms with Crippen molar-refractivity contribution >= 4 is 51.7 Å². The fourth-order valence-corrected chi connectivity index (χ4v) is 8.76. The van der Waals surface area contributed by atoms with Gasteiger partial charge < -0.3 is 8.39 Å². The monoisotopic (exact) mass is 579 g/mol. The standard InChI is InChI=1S/C38H30NO3P/c1-38(2)29-22-30(38)37(36-28(29)18-19-31(39-36)25-12-4-3-5-13-25)42-43-40-32-20-16-23-10-6-8-14-26(23)34(32)35-27-15-9-7-11-24(27)17-21-33(35)41-43/h3-21,29-30,37H,22H2,1-2H3/t29-,30+,37-/m0/s1. The summed E-state index contributed by atoms with van der Waals surface area (Å²) < 4.78 is 20.5. The first-order valence-electron chi connectivity index (χ1n) is 15.0. The van der Waals surface area contributed by atoms with Crippen LogP contribution in [0.2, 0.25) is 0 Å². The number of hydrogen-bond acceptors (Lipinski definition) is 4. The summed E-state index contributed by atoms with van der Waals surface area (Å²) in [7, 11) is -1.78. The predicted molar refractivity (Wildman–Crippen MR) is 175 cm³/mol. The second-order valence-corrected chi connectivity index (χ2v) is 13.5. The van der Waals surface area contributed by atoms with Crippen molar-refractivity contribution in [3.63, 3.8) is 0 Å². The zero-order valence-electron chi connectivity index (χ0n) is 24.0. The molecule has 2 heterocycles. The van der Waals surface area contributed by atoms with Gasteiger partial charge in [-0.05, 0) is 69.0 Å². The summed E-state index contributed by atoms with van der Waals surface area (Å²) in [4.78, 5) is 5.25. The van der Waals surface area contributed by atoms with Gasteiger partial charge in [0.1, 0.15) is 17.3 Å². The van der Waals surface area contributed by atoms with Crippen molar-refractivity contribution in [2.75, 3.05) is 0 Å². The smallest absolute Gasteiger partial charge is 0.388 e. The first-order valence-corrected chi connectivity index (χ1v) is 16.1. The molecule has 3 aliphatic rings. The van der Waals surface area contributed by atoms with Gasteiger partial charge in [-0.15, -0.1) is 0 Å². The lowest BCUT2D eigenvalue weighted by Gasteiger charge is -2.59. The van der Waals surface area contributed by atoms with E-state index in [1.807, 2.05) is 6.07 Å². The van der Waals surface area contributed by atoms with Gasteiger partial charge >= 0.3 is 8.24 Å². The molecular weight excluding hydrogens is 549 g/mol. The maximum atomic E-state index is 7.01. The Hall–Kier alpha value is -4.37. The summed E-state index contributed by atoms with van der Waals surface area (Å²) in [5.41, 5.74) is 6.07. The van der Waals surface area contributed by atoms with E-state index < -0.39 is 8.24 Å². The average molecular weight is 580 g/mol. The second kappa shape index (κ2) is 9.31. The van der Waals surface area contributed by atoms with Crippen molar-refractivity contribution in [3.8, 4) is 11.3 Å². The van der Waals surface area contributed by atoms with Crippen molar-refractivity contribution in [1.29, 1.82) is 0 Å². The van der Waals surface area contributed by atoms with E-state index >= 15 is 0 Å².